The second-order valence-electron chi connectivity index (χ2n) is 6.51. The molecular formula is C20H27N3O4P2. The average molecular weight is 435 g/mol. The monoisotopic (exact) mass is 435 g/mol. The fourth-order valence-corrected chi connectivity index (χ4v) is 8.28. The van der Waals surface area contributed by atoms with E-state index in [0.717, 1.165) is 13.1 Å². The Bertz CT molecular complexity index is 862. The number of allylic oxidation sites excluding steroid dienone is 1. The van der Waals surface area contributed by atoms with Crippen LogP contribution in [-0.2, 0) is 9.09 Å². The highest BCUT2D eigenvalue weighted by Crippen LogP contribution is 2.67. The van der Waals surface area contributed by atoms with Crippen molar-refractivity contribution in [2.75, 3.05) is 33.8 Å². The van der Waals surface area contributed by atoms with E-state index in [1.807, 2.05) is 78.9 Å². The van der Waals surface area contributed by atoms with E-state index in [2.05, 4.69) is 4.52 Å². The normalized spacial score (nSPS) is 17.5. The summed E-state index contributed by atoms with van der Waals surface area (Å²) in [6.07, 6.45) is 3.81. The molecule has 0 bridgehead atoms. The van der Waals surface area contributed by atoms with Crippen LogP contribution in [0.4, 0.5) is 0 Å². The molecule has 0 aliphatic carbocycles. The van der Waals surface area contributed by atoms with Gasteiger partial charge in [0.2, 0.25) is 7.58 Å². The first-order valence-electron chi connectivity index (χ1n) is 9.39. The molecule has 1 aliphatic heterocycles. The molecule has 29 heavy (non-hydrogen) atoms. The second kappa shape index (κ2) is 9.75. The molecular weight excluding hydrogens is 408 g/mol. The standard InChI is InChI=1S/C20H27N3O4P2/c1-4-5-18-25-28(22(2)16-17-23(28)3)21-29(24,26-19-12-8-6-9-13-19)27-20-14-10-7-11-15-20/h4-15H,16-18H2,1-3H3/b5-4+. The van der Waals surface area contributed by atoms with Gasteiger partial charge in [0.15, 0.2) is 0 Å². The van der Waals surface area contributed by atoms with Crippen LogP contribution in [0.2, 0.25) is 0 Å². The molecule has 0 radical (unpaired) electrons. The second-order valence-corrected chi connectivity index (χ2v) is 11.2. The van der Waals surface area contributed by atoms with Crippen molar-refractivity contribution in [3.05, 3.63) is 72.8 Å². The molecule has 2 aromatic rings. The van der Waals surface area contributed by atoms with E-state index >= 15 is 0 Å². The highest BCUT2D eigenvalue weighted by Gasteiger charge is 2.43. The Kier molecular flexibility index (Phi) is 7.33. The molecule has 1 fully saturated rings. The number of rotatable bonds is 8. The van der Waals surface area contributed by atoms with Gasteiger partial charge in [0.05, 0.1) is 6.61 Å². The first-order valence-corrected chi connectivity index (χ1v) is 12.5. The molecule has 7 nitrogen and oxygen atoms in total. The quantitative estimate of drug-likeness (QED) is 0.393. The lowest BCUT2D eigenvalue weighted by Gasteiger charge is -2.31. The molecule has 0 amide bonds. The summed E-state index contributed by atoms with van der Waals surface area (Å²) < 4.78 is 40.5. The van der Waals surface area contributed by atoms with Gasteiger partial charge in [-0.25, -0.2) is 13.9 Å². The summed E-state index contributed by atoms with van der Waals surface area (Å²) in [5.74, 6) is 0.846. The van der Waals surface area contributed by atoms with E-state index in [1.165, 1.54) is 0 Å². The minimum Gasteiger partial charge on any atom is -0.399 e. The molecule has 0 N–H and O–H groups in total. The van der Waals surface area contributed by atoms with E-state index in [1.54, 1.807) is 24.3 Å². The molecule has 156 valence electrons. The number of para-hydroxylation sites is 2. The van der Waals surface area contributed by atoms with Crippen LogP contribution in [0, 0.1) is 0 Å². The molecule has 1 heterocycles. The number of hydrogen-bond donors (Lipinski definition) is 0. The van der Waals surface area contributed by atoms with Crippen LogP contribution >= 0.6 is 15.3 Å². The van der Waals surface area contributed by atoms with Gasteiger partial charge in [-0.1, -0.05) is 48.6 Å². The summed E-state index contributed by atoms with van der Waals surface area (Å²) in [7, 11) is -2.84. The molecule has 0 unspecified atom stereocenters. The molecule has 3 rings (SSSR count). The maximum absolute atomic E-state index is 13.9. The van der Waals surface area contributed by atoms with Gasteiger partial charge < -0.3 is 13.6 Å². The van der Waals surface area contributed by atoms with Crippen molar-refractivity contribution >= 4 is 15.3 Å². The Hall–Kier alpha value is -1.88. The lowest BCUT2D eigenvalue weighted by molar-refractivity contribution is 0.336. The van der Waals surface area contributed by atoms with Gasteiger partial charge in [0.25, 0.3) is 0 Å². The SMILES string of the molecule is C/C=C/COP1(=NP(=O)(Oc2ccccc2)Oc2ccccc2)N(C)CCN1C. The smallest absolute Gasteiger partial charge is 0.399 e. The van der Waals surface area contributed by atoms with E-state index in [-0.39, 0.29) is 0 Å². The van der Waals surface area contributed by atoms with Crippen molar-refractivity contribution in [3.8, 4) is 11.5 Å². The minimum absolute atomic E-state index is 0.360. The van der Waals surface area contributed by atoms with Crippen molar-refractivity contribution in [2.45, 2.75) is 6.92 Å². The fraction of sp³-hybridized carbons (Fsp3) is 0.300. The van der Waals surface area contributed by atoms with E-state index in [4.69, 9.17) is 13.6 Å². The van der Waals surface area contributed by atoms with Crippen LogP contribution in [0.1, 0.15) is 6.92 Å². The first kappa shape index (κ1) is 21.8. The van der Waals surface area contributed by atoms with Crippen LogP contribution in [-0.4, -0.2) is 43.1 Å². The van der Waals surface area contributed by atoms with Crippen LogP contribution in [0.25, 0.3) is 0 Å². The van der Waals surface area contributed by atoms with Crippen LogP contribution in [0.15, 0.2) is 77.3 Å². The van der Waals surface area contributed by atoms with Crippen molar-refractivity contribution in [1.29, 1.82) is 0 Å². The largest absolute Gasteiger partial charge is 0.566 e. The Balaban J connectivity index is 2.05. The third-order valence-corrected chi connectivity index (χ3v) is 9.74. The van der Waals surface area contributed by atoms with Gasteiger partial charge in [-0.2, -0.15) is 0 Å². The van der Waals surface area contributed by atoms with Gasteiger partial charge in [-0.15, -0.1) is 4.52 Å². The van der Waals surface area contributed by atoms with Crippen LogP contribution in [0.3, 0.4) is 0 Å². The minimum atomic E-state index is -3.96. The third kappa shape index (κ3) is 5.39. The van der Waals surface area contributed by atoms with E-state index in [0.29, 0.717) is 18.1 Å². The molecule has 2 aromatic carbocycles. The lowest BCUT2D eigenvalue weighted by atomic mass is 10.3. The third-order valence-electron chi connectivity index (χ3n) is 4.37. The molecule has 9 heteroatoms. The van der Waals surface area contributed by atoms with E-state index in [9.17, 15) is 4.57 Å². The zero-order valence-electron chi connectivity index (χ0n) is 16.9. The molecule has 0 aromatic heterocycles. The molecule has 0 atom stereocenters. The number of likely N-dealkylation sites (N-methyl/N-ethyl adjacent to an activating group) is 2. The van der Waals surface area contributed by atoms with Crippen LogP contribution < -0.4 is 9.05 Å². The lowest BCUT2D eigenvalue weighted by Crippen LogP contribution is -2.17. The number of benzene rings is 2. The van der Waals surface area contributed by atoms with Gasteiger partial charge in [-0.3, -0.25) is 0 Å². The van der Waals surface area contributed by atoms with Crippen molar-refractivity contribution in [1.82, 2.24) is 9.34 Å². The average Bonchev–Trinajstić information content (AvgIpc) is 2.97. The van der Waals surface area contributed by atoms with Gasteiger partial charge in [-0.05, 0) is 45.3 Å². The van der Waals surface area contributed by atoms with Gasteiger partial charge in [0, 0.05) is 13.1 Å². The molecule has 1 saturated heterocycles. The zero-order chi connectivity index (χ0) is 20.7. The number of nitrogens with zero attached hydrogens (tertiary/aromatic N) is 3. The summed E-state index contributed by atoms with van der Waals surface area (Å²) in [5, 5.41) is 0. The van der Waals surface area contributed by atoms with E-state index < -0.39 is 15.3 Å². The van der Waals surface area contributed by atoms with Crippen molar-refractivity contribution in [2.24, 2.45) is 4.52 Å². The number of hydrogen-bond acceptors (Lipinski definition) is 4. The zero-order valence-corrected chi connectivity index (χ0v) is 18.7. The van der Waals surface area contributed by atoms with Crippen molar-refractivity contribution in [3.63, 3.8) is 0 Å². The summed E-state index contributed by atoms with van der Waals surface area (Å²) in [6.45, 7) is 3.79. The molecule has 1 aliphatic rings. The maximum atomic E-state index is 13.9. The molecule has 0 spiro atoms. The topological polar surface area (TPSA) is 63.6 Å². The Morgan fingerprint density at radius 3 is 1.90 bits per heavy atom. The Morgan fingerprint density at radius 2 is 1.45 bits per heavy atom. The summed E-state index contributed by atoms with van der Waals surface area (Å²) in [4.78, 5) is 0. The highest BCUT2D eigenvalue weighted by molar-refractivity contribution is 7.67. The fourth-order valence-electron chi connectivity index (χ4n) is 2.84. The van der Waals surface area contributed by atoms with Crippen molar-refractivity contribution < 1.29 is 18.1 Å². The first-order chi connectivity index (χ1) is 14.0. The summed E-state index contributed by atoms with van der Waals surface area (Å²) in [5.41, 5.74) is 0. The van der Waals surface area contributed by atoms with Gasteiger partial charge >= 0.3 is 7.75 Å². The maximum Gasteiger partial charge on any atom is 0.566 e. The highest BCUT2D eigenvalue weighted by atomic mass is 31.2. The Labute approximate surface area is 172 Å². The summed E-state index contributed by atoms with van der Waals surface area (Å²) >= 11 is 0. The Morgan fingerprint density at radius 1 is 0.966 bits per heavy atom. The molecule has 0 saturated carbocycles. The van der Waals surface area contributed by atoms with Gasteiger partial charge in [0.1, 0.15) is 11.5 Å². The predicted octanol–water partition coefficient (Wildman–Crippen LogP) is 5.67. The predicted molar refractivity (Wildman–Crippen MR) is 117 cm³/mol. The summed E-state index contributed by atoms with van der Waals surface area (Å²) in [6, 6.07) is 17.9. The van der Waals surface area contributed by atoms with Crippen LogP contribution in [0.5, 0.6) is 11.5 Å².